The Labute approximate surface area is 210 Å². The standard InChI is InChI=1S/C30H30O6/c1-3-5-6-9-18-33-23-14-12-22(13-15-23)30(32)35-24-16-17-25-27(19-24)34-20-28(29(25)31)36-26-11-8-7-10-21(26)4-2/h7-8,10-17,19-20H,3-6,9,18H2,1-2H3. The molecule has 0 bridgehead atoms. The zero-order valence-corrected chi connectivity index (χ0v) is 20.6. The molecule has 0 fully saturated rings. The zero-order valence-electron chi connectivity index (χ0n) is 20.6. The average molecular weight is 487 g/mol. The highest BCUT2D eigenvalue weighted by Crippen LogP contribution is 2.27. The predicted octanol–water partition coefficient (Wildman–Crippen LogP) is 7.33. The number of para-hydroxylation sites is 1. The second-order valence-corrected chi connectivity index (χ2v) is 8.47. The molecule has 36 heavy (non-hydrogen) atoms. The molecular weight excluding hydrogens is 456 g/mol. The number of hydrogen-bond donors (Lipinski definition) is 0. The quantitative estimate of drug-likeness (QED) is 0.126. The fourth-order valence-corrected chi connectivity index (χ4v) is 3.81. The number of hydrogen-bond acceptors (Lipinski definition) is 6. The van der Waals surface area contributed by atoms with Crippen LogP contribution in [-0.2, 0) is 6.42 Å². The lowest BCUT2D eigenvalue weighted by molar-refractivity contribution is 0.0735. The summed E-state index contributed by atoms with van der Waals surface area (Å²) in [5.41, 5.74) is 1.39. The number of esters is 1. The van der Waals surface area contributed by atoms with Gasteiger partial charge in [-0.3, -0.25) is 4.79 Å². The molecule has 0 N–H and O–H groups in total. The Morgan fingerprint density at radius 1 is 0.861 bits per heavy atom. The third kappa shape index (κ3) is 6.13. The SMILES string of the molecule is CCCCCCOc1ccc(C(=O)Oc2ccc3c(=O)c(Oc4ccccc4CC)coc3c2)cc1. The van der Waals surface area contributed by atoms with E-state index in [1.807, 2.05) is 31.2 Å². The number of carbonyl (C=O) groups excluding carboxylic acids is 1. The average Bonchev–Trinajstić information content (AvgIpc) is 2.91. The molecule has 4 aromatic rings. The van der Waals surface area contributed by atoms with Crippen LogP contribution in [0.4, 0.5) is 0 Å². The molecule has 0 aliphatic carbocycles. The molecular formula is C30H30O6. The maximum Gasteiger partial charge on any atom is 0.343 e. The molecule has 0 aliphatic heterocycles. The molecule has 0 spiro atoms. The minimum absolute atomic E-state index is 0.0980. The maximum atomic E-state index is 12.9. The van der Waals surface area contributed by atoms with Crippen LogP contribution in [0.1, 0.15) is 55.5 Å². The predicted molar refractivity (Wildman–Crippen MR) is 139 cm³/mol. The monoisotopic (exact) mass is 486 g/mol. The van der Waals surface area contributed by atoms with Gasteiger partial charge in [0.2, 0.25) is 11.2 Å². The zero-order chi connectivity index (χ0) is 25.3. The molecule has 0 unspecified atom stereocenters. The van der Waals surface area contributed by atoms with Crippen molar-refractivity contribution >= 4 is 16.9 Å². The van der Waals surface area contributed by atoms with E-state index in [-0.39, 0.29) is 16.9 Å². The van der Waals surface area contributed by atoms with Gasteiger partial charge in [-0.05, 0) is 60.9 Å². The molecule has 0 saturated carbocycles. The van der Waals surface area contributed by atoms with Gasteiger partial charge in [-0.25, -0.2) is 4.79 Å². The Balaban J connectivity index is 1.42. The third-order valence-electron chi connectivity index (χ3n) is 5.86. The van der Waals surface area contributed by atoms with Crippen LogP contribution in [0.5, 0.6) is 23.0 Å². The Morgan fingerprint density at radius 3 is 2.42 bits per heavy atom. The van der Waals surface area contributed by atoms with E-state index in [1.165, 1.54) is 25.2 Å². The van der Waals surface area contributed by atoms with E-state index in [4.69, 9.17) is 18.6 Å². The number of benzene rings is 3. The van der Waals surface area contributed by atoms with Crippen LogP contribution in [0.3, 0.4) is 0 Å². The van der Waals surface area contributed by atoms with Crippen molar-refractivity contribution in [2.75, 3.05) is 6.61 Å². The van der Waals surface area contributed by atoms with Gasteiger partial charge in [0.15, 0.2) is 0 Å². The lowest BCUT2D eigenvalue weighted by atomic mass is 10.1. The summed E-state index contributed by atoms with van der Waals surface area (Å²) in [5, 5.41) is 0.335. The van der Waals surface area contributed by atoms with Crippen molar-refractivity contribution in [3.05, 3.63) is 94.3 Å². The smallest absolute Gasteiger partial charge is 0.343 e. The van der Waals surface area contributed by atoms with E-state index in [1.54, 1.807) is 36.4 Å². The Kier molecular flexibility index (Phi) is 8.40. The Hall–Kier alpha value is -4.06. The van der Waals surface area contributed by atoms with Crippen molar-refractivity contribution in [3.63, 3.8) is 0 Å². The summed E-state index contributed by atoms with van der Waals surface area (Å²) in [4.78, 5) is 25.5. The number of fused-ring (bicyclic) bond motifs is 1. The van der Waals surface area contributed by atoms with Gasteiger partial charge in [0.1, 0.15) is 29.1 Å². The highest BCUT2D eigenvalue weighted by atomic mass is 16.5. The van der Waals surface area contributed by atoms with E-state index in [0.29, 0.717) is 28.9 Å². The first-order chi connectivity index (χ1) is 17.6. The van der Waals surface area contributed by atoms with Crippen LogP contribution in [0.2, 0.25) is 0 Å². The molecule has 0 atom stereocenters. The second kappa shape index (κ2) is 12.1. The van der Waals surface area contributed by atoms with Gasteiger partial charge in [-0.1, -0.05) is 51.3 Å². The molecule has 186 valence electrons. The highest BCUT2D eigenvalue weighted by Gasteiger charge is 2.14. The van der Waals surface area contributed by atoms with Gasteiger partial charge in [-0.2, -0.15) is 0 Å². The minimum atomic E-state index is -0.512. The molecule has 0 aliphatic rings. The van der Waals surface area contributed by atoms with Crippen LogP contribution in [-0.4, -0.2) is 12.6 Å². The third-order valence-corrected chi connectivity index (χ3v) is 5.86. The molecule has 6 nitrogen and oxygen atoms in total. The molecule has 4 rings (SSSR count). The Morgan fingerprint density at radius 2 is 1.64 bits per heavy atom. The van der Waals surface area contributed by atoms with E-state index in [0.717, 1.165) is 30.6 Å². The number of ether oxygens (including phenoxy) is 3. The van der Waals surface area contributed by atoms with Crippen molar-refractivity contribution in [2.24, 2.45) is 0 Å². The highest BCUT2D eigenvalue weighted by molar-refractivity contribution is 5.91. The van der Waals surface area contributed by atoms with E-state index >= 15 is 0 Å². The molecule has 0 radical (unpaired) electrons. The summed E-state index contributed by atoms with van der Waals surface area (Å²) in [5.74, 6) is 1.19. The summed E-state index contributed by atoms with van der Waals surface area (Å²) >= 11 is 0. The van der Waals surface area contributed by atoms with Crippen molar-refractivity contribution in [2.45, 2.75) is 46.0 Å². The lowest BCUT2D eigenvalue weighted by Gasteiger charge is -2.10. The minimum Gasteiger partial charge on any atom is -0.494 e. The first-order valence-electron chi connectivity index (χ1n) is 12.4. The van der Waals surface area contributed by atoms with Gasteiger partial charge in [0.25, 0.3) is 0 Å². The number of carbonyl (C=O) groups is 1. The summed E-state index contributed by atoms with van der Waals surface area (Å²) < 4.78 is 22.7. The largest absolute Gasteiger partial charge is 0.494 e. The van der Waals surface area contributed by atoms with Crippen molar-refractivity contribution in [1.82, 2.24) is 0 Å². The fourth-order valence-electron chi connectivity index (χ4n) is 3.81. The lowest BCUT2D eigenvalue weighted by Crippen LogP contribution is -2.09. The van der Waals surface area contributed by atoms with Gasteiger partial charge in [0.05, 0.1) is 17.6 Å². The van der Waals surface area contributed by atoms with E-state index in [9.17, 15) is 9.59 Å². The van der Waals surface area contributed by atoms with Crippen molar-refractivity contribution in [1.29, 1.82) is 0 Å². The van der Waals surface area contributed by atoms with Gasteiger partial charge >= 0.3 is 5.97 Å². The molecule has 1 aromatic heterocycles. The second-order valence-electron chi connectivity index (χ2n) is 8.47. The first-order valence-corrected chi connectivity index (χ1v) is 12.4. The van der Waals surface area contributed by atoms with Crippen LogP contribution >= 0.6 is 0 Å². The van der Waals surface area contributed by atoms with E-state index in [2.05, 4.69) is 6.92 Å². The van der Waals surface area contributed by atoms with Crippen LogP contribution in [0.25, 0.3) is 11.0 Å². The molecule has 1 heterocycles. The van der Waals surface area contributed by atoms with Crippen molar-refractivity contribution in [3.8, 4) is 23.0 Å². The topological polar surface area (TPSA) is 75.0 Å². The number of rotatable bonds is 11. The molecule has 6 heteroatoms. The summed E-state index contributed by atoms with van der Waals surface area (Å²) in [6.07, 6.45) is 6.60. The van der Waals surface area contributed by atoms with Crippen LogP contribution < -0.4 is 19.6 Å². The van der Waals surface area contributed by atoms with Gasteiger partial charge < -0.3 is 18.6 Å². The maximum absolute atomic E-state index is 12.9. The van der Waals surface area contributed by atoms with Crippen molar-refractivity contribution < 1.29 is 23.4 Å². The molecule has 3 aromatic carbocycles. The van der Waals surface area contributed by atoms with Gasteiger partial charge in [-0.15, -0.1) is 0 Å². The first kappa shape index (κ1) is 25.0. The Bertz CT molecular complexity index is 1370. The fraction of sp³-hybridized carbons (Fsp3) is 0.267. The van der Waals surface area contributed by atoms with Crippen LogP contribution in [0, 0.1) is 0 Å². The van der Waals surface area contributed by atoms with Crippen LogP contribution in [0.15, 0.2) is 82.2 Å². The summed E-state index contributed by atoms with van der Waals surface area (Å²) in [7, 11) is 0. The molecule has 0 amide bonds. The normalized spacial score (nSPS) is 10.8. The van der Waals surface area contributed by atoms with Gasteiger partial charge in [0, 0.05) is 6.07 Å². The summed E-state index contributed by atoms with van der Waals surface area (Å²) in [6.45, 7) is 4.85. The number of unbranched alkanes of at least 4 members (excludes halogenated alkanes) is 3. The van der Waals surface area contributed by atoms with E-state index < -0.39 is 5.97 Å². The number of aryl methyl sites for hydroxylation is 1. The summed E-state index contributed by atoms with van der Waals surface area (Å²) in [6, 6.07) is 19.1. The molecule has 0 saturated heterocycles.